The molecule has 42 heavy (non-hydrogen) atoms. The molecule has 0 spiro atoms. The summed E-state index contributed by atoms with van der Waals surface area (Å²) in [6.45, 7) is 15.3. The maximum absolute atomic E-state index is 13.0. The van der Waals surface area contributed by atoms with Crippen LogP contribution in [0.25, 0.3) is 11.3 Å². The number of methoxy groups -OCH3 is 1. The van der Waals surface area contributed by atoms with E-state index < -0.39 is 31.9 Å². The monoisotopic (exact) mass is 601 g/mol. The largest absolute Gasteiger partial charge is 0.453 e. The number of anilines is 2. The first-order valence-electron chi connectivity index (χ1n) is 14.6. The van der Waals surface area contributed by atoms with E-state index in [0.29, 0.717) is 47.9 Å². The molecule has 2 atom stereocenters. The van der Waals surface area contributed by atoms with Crippen molar-refractivity contribution < 1.29 is 28.6 Å². The van der Waals surface area contributed by atoms with E-state index in [0.717, 1.165) is 18.9 Å². The van der Waals surface area contributed by atoms with Gasteiger partial charge in [0.1, 0.15) is 18.2 Å². The second-order valence-corrected chi connectivity index (χ2v) is 18.8. The number of hydrogen-bond donors (Lipinski definition) is 3. The highest BCUT2D eigenvalue weighted by Crippen LogP contribution is 2.34. The average molecular weight is 602 g/mol. The van der Waals surface area contributed by atoms with Crippen molar-refractivity contribution in [2.24, 2.45) is 5.92 Å². The number of fused-ring (bicyclic) bond motifs is 4. The van der Waals surface area contributed by atoms with Crippen LogP contribution in [0.5, 0.6) is 0 Å². The predicted octanol–water partition coefficient (Wildman–Crippen LogP) is 6.76. The van der Waals surface area contributed by atoms with Gasteiger partial charge in [-0.15, -0.1) is 0 Å². The van der Waals surface area contributed by atoms with Gasteiger partial charge in [0, 0.05) is 38.5 Å². The summed E-state index contributed by atoms with van der Waals surface area (Å²) in [7, 11) is 0.00218. The quantitative estimate of drug-likeness (QED) is 0.236. The molecule has 3 N–H and O–H groups in total. The molecule has 2 aromatic rings. The number of rotatable bonds is 7. The number of amides is 3. The normalized spacial score (nSPS) is 18.0. The Labute approximate surface area is 250 Å². The molecular weight excluding hydrogens is 554 g/mol. The van der Waals surface area contributed by atoms with Gasteiger partial charge in [0.2, 0.25) is 5.91 Å². The SMILES string of the molecule is COC(=O)Nc1ccc2c(c1)NC(=O)C[C@@H](C)CCC[C@H](NC(=O)OC(C)(C)C)c1nc-2cn1COCC[Si](C)(C)C. The number of carbonyl (C=O) groups excluding carboxylic acids is 3. The van der Waals surface area contributed by atoms with Crippen LogP contribution in [0.4, 0.5) is 21.0 Å². The summed E-state index contributed by atoms with van der Waals surface area (Å²) in [6, 6.07) is 5.79. The number of benzene rings is 1. The second-order valence-electron chi connectivity index (χ2n) is 13.2. The van der Waals surface area contributed by atoms with Crippen LogP contribution in [0.1, 0.15) is 65.2 Å². The van der Waals surface area contributed by atoms with E-state index in [1.165, 1.54) is 7.11 Å². The van der Waals surface area contributed by atoms with Crippen molar-refractivity contribution in [3.8, 4) is 11.3 Å². The van der Waals surface area contributed by atoms with Gasteiger partial charge in [-0.3, -0.25) is 10.1 Å². The number of carbonyl (C=O) groups is 3. The third-order valence-electron chi connectivity index (χ3n) is 6.76. The lowest BCUT2D eigenvalue weighted by atomic mass is 9.98. The minimum Gasteiger partial charge on any atom is -0.453 e. The molecule has 0 unspecified atom stereocenters. The van der Waals surface area contributed by atoms with E-state index in [2.05, 4.69) is 35.6 Å². The minimum absolute atomic E-state index is 0.118. The van der Waals surface area contributed by atoms with Crippen molar-refractivity contribution in [1.82, 2.24) is 14.9 Å². The fourth-order valence-corrected chi connectivity index (χ4v) is 5.36. The van der Waals surface area contributed by atoms with Gasteiger partial charge in [-0.2, -0.15) is 0 Å². The average Bonchev–Trinajstić information content (AvgIpc) is 3.27. The number of aromatic nitrogens is 2. The van der Waals surface area contributed by atoms with E-state index in [9.17, 15) is 14.4 Å². The Hall–Kier alpha value is -3.38. The fourth-order valence-electron chi connectivity index (χ4n) is 4.61. The molecular formula is C30H47N5O6Si. The molecule has 12 heteroatoms. The Morgan fingerprint density at radius 2 is 1.90 bits per heavy atom. The lowest BCUT2D eigenvalue weighted by molar-refractivity contribution is -0.117. The van der Waals surface area contributed by atoms with Crippen molar-refractivity contribution in [2.75, 3.05) is 24.4 Å². The lowest BCUT2D eigenvalue weighted by Crippen LogP contribution is -2.36. The third kappa shape index (κ3) is 10.5. The smallest absolute Gasteiger partial charge is 0.411 e. The van der Waals surface area contributed by atoms with Gasteiger partial charge in [-0.05, 0) is 57.4 Å². The number of imidazole rings is 1. The molecule has 1 aromatic heterocycles. The Kier molecular flexibility index (Phi) is 11.2. The summed E-state index contributed by atoms with van der Waals surface area (Å²) in [4.78, 5) is 42.8. The molecule has 2 heterocycles. The van der Waals surface area contributed by atoms with Crippen LogP contribution in [0, 0.1) is 5.92 Å². The zero-order valence-electron chi connectivity index (χ0n) is 26.3. The number of ether oxygens (including phenoxy) is 3. The number of hydrogen-bond acceptors (Lipinski definition) is 7. The molecule has 0 saturated carbocycles. The van der Waals surface area contributed by atoms with E-state index in [1.807, 2.05) is 38.5 Å². The molecule has 0 fully saturated rings. The van der Waals surface area contributed by atoms with Crippen molar-refractivity contribution in [3.05, 3.63) is 30.2 Å². The molecule has 3 rings (SSSR count). The molecule has 0 radical (unpaired) electrons. The first kappa shape index (κ1) is 33.1. The van der Waals surface area contributed by atoms with E-state index >= 15 is 0 Å². The zero-order valence-corrected chi connectivity index (χ0v) is 27.3. The topological polar surface area (TPSA) is 133 Å². The van der Waals surface area contributed by atoms with Gasteiger partial charge in [0.05, 0.1) is 24.5 Å². The van der Waals surface area contributed by atoms with Crippen LogP contribution < -0.4 is 16.0 Å². The van der Waals surface area contributed by atoms with Gasteiger partial charge in [0.25, 0.3) is 0 Å². The first-order valence-corrected chi connectivity index (χ1v) is 18.3. The molecule has 1 aliphatic rings. The van der Waals surface area contributed by atoms with Crippen LogP contribution in [-0.2, 0) is 25.7 Å². The first-order chi connectivity index (χ1) is 19.6. The third-order valence-corrected chi connectivity index (χ3v) is 8.47. The van der Waals surface area contributed by atoms with Crippen molar-refractivity contribution in [3.63, 3.8) is 0 Å². The zero-order chi connectivity index (χ0) is 31.1. The van der Waals surface area contributed by atoms with Gasteiger partial charge in [-0.1, -0.05) is 39.4 Å². The van der Waals surface area contributed by atoms with Crippen LogP contribution in [0.15, 0.2) is 24.4 Å². The van der Waals surface area contributed by atoms with Gasteiger partial charge >= 0.3 is 12.2 Å². The second kappa shape index (κ2) is 14.2. The molecule has 3 amide bonds. The molecule has 0 aliphatic carbocycles. The summed E-state index contributed by atoms with van der Waals surface area (Å²) in [6.07, 6.45) is 3.26. The highest BCUT2D eigenvalue weighted by Gasteiger charge is 2.27. The van der Waals surface area contributed by atoms with Crippen molar-refractivity contribution >= 4 is 37.5 Å². The highest BCUT2D eigenvalue weighted by atomic mass is 28.3. The van der Waals surface area contributed by atoms with Crippen LogP contribution >= 0.6 is 0 Å². The van der Waals surface area contributed by atoms with E-state index in [-0.39, 0.29) is 18.6 Å². The summed E-state index contributed by atoms with van der Waals surface area (Å²) in [5.41, 5.74) is 1.60. The molecule has 1 aliphatic heterocycles. The lowest BCUT2D eigenvalue weighted by Gasteiger charge is -2.24. The van der Waals surface area contributed by atoms with Crippen molar-refractivity contribution in [1.29, 1.82) is 0 Å². The van der Waals surface area contributed by atoms with Gasteiger partial charge in [0.15, 0.2) is 0 Å². The Morgan fingerprint density at radius 1 is 1.17 bits per heavy atom. The highest BCUT2D eigenvalue weighted by molar-refractivity contribution is 6.76. The Balaban J connectivity index is 2.07. The summed E-state index contributed by atoms with van der Waals surface area (Å²) in [5.74, 6) is 0.632. The summed E-state index contributed by atoms with van der Waals surface area (Å²) in [5, 5.41) is 8.71. The Morgan fingerprint density at radius 3 is 2.57 bits per heavy atom. The maximum atomic E-state index is 13.0. The number of alkyl carbamates (subject to hydrolysis) is 1. The molecule has 11 nitrogen and oxygen atoms in total. The summed E-state index contributed by atoms with van der Waals surface area (Å²) < 4.78 is 18.3. The standard InChI is InChI=1S/C30H47N5O6Si/c1-20-10-9-11-23(34-29(38)41-30(2,3)4)27-33-25(18-35(27)19-40-14-15-42(6,7)8)22-13-12-21(31-28(37)39-5)17-24(22)32-26(36)16-20/h12-13,17-18,20,23H,9-11,14-16,19H2,1-8H3,(H,31,37)(H,32,36)(H,34,38)/t20-,23-/m0/s1. The van der Waals surface area contributed by atoms with Gasteiger partial charge < -0.3 is 29.4 Å². The minimum atomic E-state index is -1.29. The predicted molar refractivity (Wildman–Crippen MR) is 166 cm³/mol. The fraction of sp³-hybridized carbons (Fsp3) is 0.600. The molecule has 1 aromatic carbocycles. The van der Waals surface area contributed by atoms with Crippen LogP contribution in [0.3, 0.4) is 0 Å². The van der Waals surface area contributed by atoms with Crippen LogP contribution in [-0.4, -0.2) is 55.0 Å². The van der Waals surface area contributed by atoms with E-state index in [4.69, 9.17) is 19.2 Å². The maximum Gasteiger partial charge on any atom is 0.411 e. The molecule has 2 bridgehead atoms. The molecule has 0 saturated heterocycles. The van der Waals surface area contributed by atoms with Gasteiger partial charge in [-0.25, -0.2) is 14.6 Å². The summed E-state index contributed by atoms with van der Waals surface area (Å²) >= 11 is 0. The van der Waals surface area contributed by atoms with E-state index in [1.54, 1.807) is 18.2 Å². The molecule has 232 valence electrons. The number of nitrogens with one attached hydrogen (secondary N) is 3. The number of nitrogens with zero attached hydrogens (tertiary/aromatic N) is 2. The Bertz CT molecular complexity index is 1250. The van der Waals surface area contributed by atoms with Crippen LogP contribution in [0.2, 0.25) is 25.7 Å². The van der Waals surface area contributed by atoms with Crippen molar-refractivity contribution in [2.45, 2.75) is 97.4 Å².